The molecule has 1 fully saturated rings. The lowest BCUT2D eigenvalue weighted by atomic mass is 9.92. The first kappa shape index (κ1) is 18.9. The van der Waals surface area contributed by atoms with Gasteiger partial charge in [-0.2, -0.15) is 5.10 Å². The molecule has 26 heavy (non-hydrogen) atoms. The van der Waals surface area contributed by atoms with Gasteiger partial charge in [-0.1, -0.05) is 17.8 Å². The predicted molar refractivity (Wildman–Crippen MR) is 106 cm³/mol. The van der Waals surface area contributed by atoms with E-state index in [1.165, 1.54) is 11.8 Å². The van der Waals surface area contributed by atoms with Crippen LogP contribution in [0.1, 0.15) is 42.2 Å². The second-order valence-electron chi connectivity index (χ2n) is 6.48. The lowest BCUT2D eigenvalue weighted by molar-refractivity contribution is 0.0995. The fourth-order valence-electron chi connectivity index (χ4n) is 3.59. The summed E-state index contributed by atoms with van der Waals surface area (Å²) in [5, 5.41) is 6.95. The van der Waals surface area contributed by atoms with Gasteiger partial charge in [0.25, 0.3) is 5.91 Å². The van der Waals surface area contributed by atoms with E-state index in [4.69, 9.17) is 11.5 Å². The van der Waals surface area contributed by atoms with Gasteiger partial charge in [0.1, 0.15) is 5.52 Å². The van der Waals surface area contributed by atoms with Crippen LogP contribution in [0.4, 0.5) is 0 Å². The fourth-order valence-corrected chi connectivity index (χ4v) is 3.93. The summed E-state index contributed by atoms with van der Waals surface area (Å²) in [6.45, 7) is 0. The van der Waals surface area contributed by atoms with Crippen LogP contribution in [-0.4, -0.2) is 38.0 Å². The molecular formula is C17H21ClN6OS. The lowest BCUT2D eigenvalue weighted by Gasteiger charge is -2.27. The molecule has 4 rings (SSSR count). The Hall–Kier alpha value is -1.90. The zero-order valence-corrected chi connectivity index (χ0v) is 16.0. The van der Waals surface area contributed by atoms with Crippen molar-refractivity contribution >= 4 is 51.9 Å². The van der Waals surface area contributed by atoms with Crippen LogP contribution in [0.2, 0.25) is 0 Å². The molecule has 9 heteroatoms. The van der Waals surface area contributed by atoms with Crippen molar-refractivity contribution in [3.8, 4) is 0 Å². The third kappa shape index (κ3) is 3.13. The number of carbonyl (C=O) groups excluding carboxylic acids is 1. The van der Waals surface area contributed by atoms with Crippen LogP contribution < -0.4 is 11.5 Å². The first-order valence-electron chi connectivity index (χ1n) is 8.36. The van der Waals surface area contributed by atoms with E-state index >= 15 is 0 Å². The second-order valence-corrected chi connectivity index (χ2v) is 7.26. The Balaban J connectivity index is 0.00000196. The smallest absolute Gasteiger partial charge is 0.269 e. The highest BCUT2D eigenvalue weighted by Crippen LogP contribution is 2.34. The van der Waals surface area contributed by atoms with Crippen molar-refractivity contribution in [2.45, 2.75) is 42.9 Å². The number of carbonyl (C=O) groups is 1. The molecule has 1 aliphatic carbocycles. The molecule has 2 aromatic heterocycles. The summed E-state index contributed by atoms with van der Waals surface area (Å²) in [6, 6.07) is 4.25. The summed E-state index contributed by atoms with van der Waals surface area (Å²) in [4.78, 5) is 20.9. The number of benzene rings is 1. The number of halogens is 1. The van der Waals surface area contributed by atoms with E-state index in [9.17, 15) is 4.79 Å². The van der Waals surface area contributed by atoms with Crippen LogP contribution in [0.5, 0.6) is 0 Å². The number of nitrogens with two attached hydrogens (primary N) is 2. The first-order chi connectivity index (χ1) is 12.1. The topological polar surface area (TPSA) is 113 Å². The van der Waals surface area contributed by atoms with E-state index in [1.807, 2.05) is 29.3 Å². The lowest BCUT2D eigenvalue weighted by Crippen LogP contribution is -2.28. The molecule has 1 amide bonds. The Kier molecular flexibility index (Phi) is 5.36. The molecule has 0 atom stereocenters. The van der Waals surface area contributed by atoms with Gasteiger partial charge in [-0.05, 0) is 38.0 Å². The van der Waals surface area contributed by atoms with Crippen molar-refractivity contribution in [1.29, 1.82) is 0 Å². The molecule has 1 aliphatic rings. The molecule has 7 nitrogen and oxygen atoms in total. The van der Waals surface area contributed by atoms with E-state index in [2.05, 4.69) is 15.1 Å². The standard InChI is InChI=1S/C17H20N6OS.ClH/c1-25-17-20-8-9-2-7-12-14(16(19)24)22-23(15(12)13(9)21-17)11-5-3-10(18)4-6-11;/h2,7-8,10-11H,3-6,18H2,1H3,(H2,19,24);1H. The van der Waals surface area contributed by atoms with Crippen LogP contribution in [0, 0.1) is 0 Å². The minimum atomic E-state index is -0.519. The molecular weight excluding hydrogens is 372 g/mol. The van der Waals surface area contributed by atoms with Gasteiger partial charge in [-0.25, -0.2) is 9.97 Å². The Morgan fingerprint density at radius 3 is 2.65 bits per heavy atom. The Labute approximate surface area is 161 Å². The molecule has 2 heterocycles. The molecule has 138 valence electrons. The average Bonchev–Trinajstić information content (AvgIpc) is 3.02. The highest BCUT2D eigenvalue weighted by atomic mass is 35.5. The Morgan fingerprint density at radius 1 is 1.27 bits per heavy atom. The van der Waals surface area contributed by atoms with Gasteiger partial charge in [0.05, 0.1) is 11.6 Å². The molecule has 0 bridgehead atoms. The molecule has 3 aromatic rings. The van der Waals surface area contributed by atoms with Crippen molar-refractivity contribution in [2.75, 3.05) is 6.26 Å². The van der Waals surface area contributed by atoms with E-state index in [1.54, 1.807) is 0 Å². The minimum Gasteiger partial charge on any atom is -0.364 e. The maximum atomic E-state index is 11.9. The second kappa shape index (κ2) is 7.38. The van der Waals surface area contributed by atoms with Gasteiger partial charge in [0.15, 0.2) is 10.9 Å². The maximum Gasteiger partial charge on any atom is 0.269 e. The monoisotopic (exact) mass is 392 g/mol. The van der Waals surface area contributed by atoms with Gasteiger partial charge >= 0.3 is 0 Å². The zero-order chi connectivity index (χ0) is 17.6. The highest BCUT2D eigenvalue weighted by molar-refractivity contribution is 7.98. The van der Waals surface area contributed by atoms with Gasteiger partial charge in [-0.15, -0.1) is 12.4 Å². The van der Waals surface area contributed by atoms with Crippen LogP contribution in [0.15, 0.2) is 23.5 Å². The number of rotatable bonds is 3. The van der Waals surface area contributed by atoms with Gasteiger partial charge in [0, 0.05) is 23.0 Å². The third-order valence-electron chi connectivity index (χ3n) is 4.90. The zero-order valence-electron chi connectivity index (χ0n) is 14.4. The highest BCUT2D eigenvalue weighted by Gasteiger charge is 2.26. The molecule has 0 saturated heterocycles. The van der Waals surface area contributed by atoms with E-state index in [-0.39, 0.29) is 24.5 Å². The third-order valence-corrected chi connectivity index (χ3v) is 5.46. The molecule has 1 saturated carbocycles. The van der Waals surface area contributed by atoms with Crippen LogP contribution in [0.25, 0.3) is 21.8 Å². The summed E-state index contributed by atoms with van der Waals surface area (Å²) in [5.74, 6) is -0.519. The Morgan fingerprint density at radius 2 is 2.00 bits per heavy atom. The minimum absolute atomic E-state index is 0. The first-order valence-corrected chi connectivity index (χ1v) is 9.58. The largest absolute Gasteiger partial charge is 0.364 e. The molecule has 0 spiro atoms. The predicted octanol–water partition coefficient (Wildman–Crippen LogP) is 2.66. The number of aromatic nitrogens is 4. The number of thioether (sulfide) groups is 1. The van der Waals surface area contributed by atoms with Crippen LogP contribution in [-0.2, 0) is 0 Å². The molecule has 0 unspecified atom stereocenters. The number of primary amides is 1. The number of hydrogen-bond donors (Lipinski definition) is 2. The summed E-state index contributed by atoms with van der Waals surface area (Å²) in [7, 11) is 0. The summed E-state index contributed by atoms with van der Waals surface area (Å²) >= 11 is 1.49. The molecule has 0 aliphatic heterocycles. The molecule has 0 radical (unpaired) electrons. The summed E-state index contributed by atoms with van der Waals surface area (Å²) in [5.41, 5.74) is 13.6. The van der Waals surface area contributed by atoms with Crippen molar-refractivity contribution < 1.29 is 4.79 Å². The molecule has 1 aromatic carbocycles. The van der Waals surface area contributed by atoms with E-state index < -0.39 is 5.91 Å². The van der Waals surface area contributed by atoms with Crippen LogP contribution in [0.3, 0.4) is 0 Å². The maximum absolute atomic E-state index is 11.9. The fraction of sp³-hybridized carbons (Fsp3) is 0.412. The number of hydrogen-bond acceptors (Lipinski definition) is 6. The van der Waals surface area contributed by atoms with Gasteiger partial charge < -0.3 is 11.5 Å². The van der Waals surface area contributed by atoms with E-state index in [0.29, 0.717) is 10.9 Å². The quantitative estimate of drug-likeness (QED) is 0.523. The van der Waals surface area contributed by atoms with Crippen molar-refractivity contribution in [1.82, 2.24) is 19.7 Å². The van der Waals surface area contributed by atoms with Crippen molar-refractivity contribution in [3.63, 3.8) is 0 Å². The average molecular weight is 393 g/mol. The van der Waals surface area contributed by atoms with Crippen molar-refractivity contribution in [2.24, 2.45) is 11.5 Å². The normalized spacial score (nSPS) is 20.2. The SMILES string of the molecule is CSc1ncc2ccc3c(C(N)=O)nn(C4CCC(N)CC4)c3c2n1.Cl. The van der Waals surface area contributed by atoms with Crippen molar-refractivity contribution in [3.05, 3.63) is 24.0 Å². The van der Waals surface area contributed by atoms with Crippen LogP contribution >= 0.6 is 24.2 Å². The van der Waals surface area contributed by atoms with E-state index in [0.717, 1.165) is 47.5 Å². The summed E-state index contributed by atoms with van der Waals surface area (Å²) < 4.78 is 1.95. The Bertz CT molecular complexity index is 967. The molecule has 4 N–H and O–H groups in total. The number of nitrogens with zero attached hydrogens (tertiary/aromatic N) is 4. The van der Waals surface area contributed by atoms with Gasteiger partial charge in [0.2, 0.25) is 0 Å². The number of fused-ring (bicyclic) bond motifs is 3. The number of amides is 1. The van der Waals surface area contributed by atoms with Gasteiger partial charge in [-0.3, -0.25) is 9.48 Å². The summed E-state index contributed by atoms with van der Waals surface area (Å²) in [6.07, 6.45) is 7.53.